The topological polar surface area (TPSA) is 46.9 Å². The number of nitrogens with one attached hydrogen (secondary N) is 1. The number of aromatic nitrogens is 2. The van der Waals surface area contributed by atoms with Gasteiger partial charge in [-0.1, -0.05) is 29.8 Å². The summed E-state index contributed by atoms with van der Waals surface area (Å²) in [6.07, 6.45) is 1.92. The fraction of sp³-hybridized carbons (Fsp3) is 0.286. The first-order valence-corrected chi connectivity index (χ1v) is 6.52. The first-order valence-electron chi connectivity index (χ1n) is 6.14. The van der Waals surface area contributed by atoms with Crippen molar-refractivity contribution in [2.75, 3.05) is 5.32 Å². The van der Waals surface area contributed by atoms with Gasteiger partial charge in [-0.05, 0) is 25.5 Å². The van der Waals surface area contributed by atoms with Crippen molar-refractivity contribution in [3.8, 4) is 0 Å². The van der Waals surface area contributed by atoms with Crippen molar-refractivity contribution in [2.24, 2.45) is 0 Å². The molecule has 0 radical (unpaired) electrons. The summed E-state index contributed by atoms with van der Waals surface area (Å²) in [6, 6.07) is 9.32. The maximum absolute atomic E-state index is 12.0. The van der Waals surface area contributed by atoms with E-state index in [-0.39, 0.29) is 18.4 Å². The number of hydrogen-bond donors (Lipinski definition) is 1. The SMILES string of the molecule is CC(C)n1nccc1NC(=O)Cc1ccccc1Cl. The van der Waals surface area contributed by atoms with Crippen LogP contribution < -0.4 is 5.32 Å². The fourth-order valence-corrected chi connectivity index (χ4v) is 2.03. The number of hydrogen-bond acceptors (Lipinski definition) is 2. The largest absolute Gasteiger partial charge is 0.311 e. The van der Waals surface area contributed by atoms with E-state index in [1.165, 1.54) is 0 Å². The van der Waals surface area contributed by atoms with Crippen LogP contribution in [0, 0.1) is 0 Å². The zero-order chi connectivity index (χ0) is 13.8. The highest BCUT2D eigenvalue weighted by Crippen LogP contribution is 2.17. The van der Waals surface area contributed by atoms with Crippen LogP contribution in [-0.2, 0) is 11.2 Å². The van der Waals surface area contributed by atoms with Gasteiger partial charge in [-0.2, -0.15) is 5.10 Å². The lowest BCUT2D eigenvalue weighted by molar-refractivity contribution is -0.115. The normalized spacial score (nSPS) is 10.7. The standard InChI is InChI=1S/C14H16ClN3O/c1-10(2)18-13(7-8-16-18)17-14(19)9-11-5-3-4-6-12(11)15/h3-8,10H,9H2,1-2H3,(H,17,19). The van der Waals surface area contributed by atoms with Crippen LogP contribution in [0.25, 0.3) is 0 Å². The summed E-state index contributed by atoms with van der Waals surface area (Å²) >= 11 is 6.03. The van der Waals surface area contributed by atoms with Crippen LogP contribution >= 0.6 is 11.6 Å². The van der Waals surface area contributed by atoms with Crippen LogP contribution in [0.1, 0.15) is 25.5 Å². The summed E-state index contributed by atoms with van der Waals surface area (Å²) < 4.78 is 1.77. The quantitative estimate of drug-likeness (QED) is 0.932. The zero-order valence-corrected chi connectivity index (χ0v) is 11.7. The summed E-state index contributed by atoms with van der Waals surface area (Å²) in [5.74, 6) is 0.600. The number of carbonyl (C=O) groups is 1. The number of halogens is 1. The van der Waals surface area contributed by atoms with Crippen molar-refractivity contribution in [1.29, 1.82) is 0 Å². The van der Waals surface area contributed by atoms with Gasteiger partial charge in [-0.15, -0.1) is 0 Å². The van der Waals surface area contributed by atoms with E-state index in [4.69, 9.17) is 11.6 Å². The molecule has 0 saturated carbocycles. The van der Waals surface area contributed by atoms with E-state index < -0.39 is 0 Å². The average Bonchev–Trinajstić information content (AvgIpc) is 2.80. The van der Waals surface area contributed by atoms with E-state index in [1.54, 1.807) is 23.0 Å². The molecule has 2 aromatic rings. The lowest BCUT2D eigenvalue weighted by Gasteiger charge is -2.12. The van der Waals surface area contributed by atoms with Crippen LogP contribution in [-0.4, -0.2) is 15.7 Å². The number of benzene rings is 1. The molecule has 0 aliphatic heterocycles. The molecule has 4 nitrogen and oxygen atoms in total. The zero-order valence-electron chi connectivity index (χ0n) is 10.9. The Morgan fingerprint density at radius 2 is 2.11 bits per heavy atom. The minimum absolute atomic E-state index is 0.101. The number of rotatable bonds is 4. The van der Waals surface area contributed by atoms with Gasteiger partial charge < -0.3 is 5.32 Å². The number of anilines is 1. The Kier molecular flexibility index (Phi) is 4.22. The molecule has 0 saturated heterocycles. The summed E-state index contributed by atoms with van der Waals surface area (Å²) in [4.78, 5) is 12.0. The van der Waals surface area contributed by atoms with Crippen molar-refractivity contribution >= 4 is 23.3 Å². The highest BCUT2D eigenvalue weighted by Gasteiger charge is 2.11. The highest BCUT2D eigenvalue weighted by molar-refractivity contribution is 6.31. The molecule has 100 valence electrons. The summed E-state index contributed by atoms with van der Waals surface area (Å²) in [6.45, 7) is 4.02. The Balaban J connectivity index is 2.06. The van der Waals surface area contributed by atoms with Crippen molar-refractivity contribution in [3.05, 3.63) is 47.1 Å². The molecular weight excluding hydrogens is 262 g/mol. The van der Waals surface area contributed by atoms with E-state index >= 15 is 0 Å². The first kappa shape index (κ1) is 13.6. The van der Waals surface area contributed by atoms with Gasteiger partial charge in [-0.25, -0.2) is 4.68 Å². The molecule has 1 N–H and O–H groups in total. The molecule has 0 aliphatic carbocycles. The van der Waals surface area contributed by atoms with Crippen LogP contribution in [0.2, 0.25) is 5.02 Å². The van der Waals surface area contributed by atoms with Crippen LogP contribution in [0.5, 0.6) is 0 Å². The summed E-state index contributed by atoms with van der Waals surface area (Å²) in [5.41, 5.74) is 0.817. The third-order valence-electron chi connectivity index (χ3n) is 2.74. The monoisotopic (exact) mass is 277 g/mol. The Morgan fingerprint density at radius 3 is 2.79 bits per heavy atom. The molecule has 2 rings (SSSR count). The van der Waals surface area contributed by atoms with Crippen LogP contribution in [0.4, 0.5) is 5.82 Å². The number of nitrogens with zero attached hydrogens (tertiary/aromatic N) is 2. The van der Waals surface area contributed by atoms with E-state index in [1.807, 2.05) is 32.0 Å². The fourth-order valence-electron chi connectivity index (χ4n) is 1.83. The Labute approximate surface area is 117 Å². The lowest BCUT2D eigenvalue weighted by atomic mass is 10.1. The Morgan fingerprint density at radius 1 is 1.37 bits per heavy atom. The third-order valence-corrected chi connectivity index (χ3v) is 3.10. The number of amides is 1. The second-order valence-corrected chi connectivity index (χ2v) is 4.98. The van der Waals surface area contributed by atoms with Gasteiger partial charge in [-0.3, -0.25) is 4.79 Å². The maximum atomic E-state index is 12.0. The van der Waals surface area contributed by atoms with Crippen LogP contribution in [0.15, 0.2) is 36.5 Å². The minimum atomic E-state index is -0.101. The van der Waals surface area contributed by atoms with Gasteiger partial charge in [0, 0.05) is 17.1 Å². The second-order valence-electron chi connectivity index (χ2n) is 4.57. The molecule has 0 unspecified atom stereocenters. The second kappa shape index (κ2) is 5.89. The molecule has 0 bridgehead atoms. The lowest BCUT2D eigenvalue weighted by Crippen LogP contribution is -2.18. The van der Waals surface area contributed by atoms with Gasteiger partial charge in [0.15, 0.2) is 0 Å². The molecule has 0 aliphatic rings. The molecular formula is C14H16ClN3O. The van der Waals surface area contributed by atoms with Gasteiger partial charge in [0.1, 0.15) is 5.82 Å². The van der Waals surface area contributed by atoms with Crippen molar-refractivity contribution in [2.45, 2.75) is 26.3 Å². The van der Waals surface area contributed by atoms with Crippen molar-refractivity contribution < 1.29 is 4.79 Å². The molecule has 1 heterocycles. The molecule has 5 heteroatoms. The first-order chi connectivity index (χ1) is 9.08. The van der Waals surface area contributed by atoms with Crippen molar-refractivity contribution in [3.63, 3.8) is 0 Å². The van der Waals surface area contributed by atoms with Gasteiger partial charge in [0.05, 0.1) is 12.6 Å². The third kappa shape index (κ3) is 3.35. The van der Waals surface area contributed by atoms with Gasteiger partial charge in [0.2, 0.25) is 5.91 Å². The van der Waals surface area contributed by atoms with E-state index in [0.29, 0.717) is 10.8 Å². The van der Waals surface area contributed by atoms with E-state index in [0.717, 1.165) is 5.56 Å². The minimum Gasteiger partial charge on any atom is -0.311 e. The number of carbonyl (C=O) groups excluding carboxylic acids is 1. The summed E-state index contributed by atoms with van der Waals surface area (Å²) in [7, 11) is 0. The molecule has 0 spiro atoms. The average molecular weight is 278 g/mol. The summed E-state index contributed by atoms with van der Waals surface area (Å²) in [5, 5.41) is 7.63. The molecule has 0 atom stereocenters. The predicted molar refractivity (Wildman–Crippen MR) is 76.4 cm³/mol. The molecule has 0 fully saturated rings. The molecule has 1 aromatic carbocycles. The highest BCUT2D eigenvalue weighted by atomic mass is 35.5. The molecule has 19 heavy (non-hydrogen) atoms. The predicted octanol–water partition coefficient (Wildman–Crippen LogP) is 3.30. The van der Waals surface area contributed by atoms with Gasteiger partial charge >= 0.3 is 0 Å². The van der Waals surface area contributed by atoms with Crippen molar-refractivity contribution in [1.82, 2.24) is 9.78 Å². The Hall–Kier alpha value is -1.81. The molecule has 1 amide bonds. The Bertz CT molecular complexity index is 578. The smallest absolute Gasteiger partial charge is 0.229 e. The van der Waals surface area contributed by atoms with Gasteiger partial charge in [0.25, 0.3) is 0 Å². The van der Waals surface area contributed by atoms with E-state index in [2.05, 4.69) is 10.4 Å². The van der Waals surface area contributed by atoms with E-state index in [9.17, 15) is 4.79 Å². The molecule has 1 aromatic heterocycles. The van der Waals surface area contributed by atoms with Crippen LogP contribution in [0.3, 0.4) is 0 Å². The maximum Gasteiger partial charge on any atom is 0.229 e.